The Kier molecular flexibility index (Phi) is 9.13. The van der Waals surface area contributed by atoms with Crippen molar-refractivity contribution in [2.45, 2.75) is 31.1 Å². The molecule has 0 unspecified atom stereocenters. The van der Waals surface area contributed by atoms with Crippen molar-refractivity contribution >= 4 is 11.4 Å². The molecule has 0 saturated carbocycles. The number of hydrogen-bond donors (Lipinski definition) is 1. The van der Waals surface area contributed by atoms with Crippen LogP contribution in [0.25, 0.3) is 0 Å². The lowest BCUT2D eigenvalue weighted by Crippen LogP contribution is -2.15. The molecule has 1 N–H and O–H groups in total. The molecule has 0 aromatic heterocycles. The van der Waals surface area contributed by atoms with Crippen molar-refractivity contribution in [2.75, 3.05) is 5.32 Å². The number of rotatable bonds is 8. The fourth-order valence-corrected chi connectivity index (χ4v) is 6.30. The first-order chi connectivity index (χ1) is 23.0. The molecular formula is C41H31F6N. The molecule has 0 fully saturated rings. The molecule has 0 aliphatic rings. The van der Waals surface area contributed by atoms with E-state index in [1.807, 2.05) is 140 Å². The van der Waals surface area contributed by atoms with E-state index in [1.165, 1.54) is 0 Å². The third-order valence-electron chi connectivity index (χ3n) is 8.35. The monoisotopic (exact) mass is 651 g/mol. The topological polar surface area (TPSA) is 12.0 Å². The normalized spacial score (nSPS) is 12.0. The summed E-state index contributed by atoms with van der Waals surface area (Å²) in [5, 5.41) is 3.13. The summed E-state index contributed by atoms with van der Waals surface area (Å²) < 4.78 is 84.2. The zero-order valence-corrected chi connectivity index (χ0v) is 25.9. The summed E-state index contributed by atoms with van der Waals surface area (Å²) in [6.07, 6.45) is -9.99. The van der Waals surface area contributed by atoms with Gasteiger partial charge in [-0.15, -0.1) is 0 Å². The van der Waals surface area contributed by atoms with Crippen molar-refractivity contribution in [1.29, 1.82) is 0 Å². The summed E-state index contributed by atoms with van der Waals surface area (Å²) in [6, 6.07) is 44.2. The highest BCUT2D eigenvalue weighted by atomic mass is 19.4. The standard InChI is InChI=1S/C41H31F6N/c1-27-22-35(37(28-14-6-2-7-15-28)29-16-8-3-9-17-29)39(48-34-25-32(40(42,43)44)24-33(26-34)41(45,46)47)36(23-27)38(30-18-10-4-11-19-30)31-20-12-5-13-21-31/h2-26,37-38,48H,1H3. The molecule has 48 heavy (non-hydrogen) atoms. The Labute approximate surface area is 275 Å². The van der Waals surface area contributed by atoms with Crippen LogP contribution < -0.4 is 5.32 Å². The van der Waals surface area contributed by atoms with Crippen LogP contribution in [0.2, 0.25) is 0 Å². The number of anilines is 2. The van der Waals surface area contributed by atoms with E-state index in [9.17, 15) is 26.3 Å². The first-order valence-corrected chi connectivity index (χ1v) is 15.4. The molecule has 6 aromatic rings. The van der Waals surface area contributed by atoms with E-state index >= 15 is 0 Å². The van der Waals surface area contributed by atoms with E-state index in [2.05, 4.69) is 5.32 Å². The van der Waals surface area contributed by atoms with Crippen LogP contribution in [0.5, 0.6) is 0 Å². The van der Waals surface area contributed by atoms with Crippen molar-refractivity contribution < 1.29 is 26.3 Å². The highest BCUT2D eigenvalue weighted by Crippen LogP contribution is 2.46. The van der Waals surface area contributed by atoms with Crippen LogP contribution in [0.1, 0.15) is 61.9 Å². The molecule has 0 aliphatic heterocycles. The lowest BCUT2D eigenvalue weighted by Gasteiger charge is -2.29. The van der Waals surface area contributed by atoms with Crippen LogP contribution in [0.3, 0.4) is 0 Å². The molecule has 242 valence electrons. The number of aryl methyl sites for hydroxylation is 1. The third kappa shape index (κ3) is 7.15. The molecule has 0 atom stereocenters. The van der Waals surface area contributed by atoms with Crippen molar-refractivity contribution in [2.24, 2.45) is 0 Å². The average Bonchev–Trinajstić information content (AvgIpc) is 3.07. The number of alkyl halides is 6. The zero-order valence-electron chi connectivity index (χ0n) is 25.9. The summed E-state index contributed by atoms with van der Waals surface area (Å²) in [6.45, 7) is 1.95. The van der Waals surface area contributed by atoms with Gasteiger partial charge in [-0.25, -0.2) is 0 Å². The quantitative estimate of drug-likeness (QED) is 0.128. The minimum absolute atomic E-state index is 0.148. The van der Waals surface area contributed by atoms with Gasteiger partial charge in [0.05, 0.1) is 11.1 Å². The lowest BCUT2D eigenvalue weighted by atomic mass is 9.78. The third-order valence-corrected chi connectivity index (χ3v) is 8.35. The maximum atomic E-state index is 14.0. The van der Waals surface area contributed by atoms with Crippen molar-refractivity contribution in [3.8, 4) is 0 Å². The van der Waals surface area contributed by atoms with Crippen LogP contribution in [-0.2, 0) is 12.4 Å². The van der Waals surface area contributed by atoms with Crippen molar-refractivity contribution in [1.82, 2.24) is 0 Å². The Morgan fingerprint density at radius 1 is 0.438 bits per heavy atom. The van der Waals surface area contributed by atoms with E-state index in [1.54, 1.807) is 0 Å². The second kappa shape index (κ2) is 13.4. The SMILES string of the molecule is Cc1cc(C(c2ccccc2)c2ccccc2)c(Nc2cc(C(F)(F)F)cc(C(F)(F)F)c2)c(C(c2ccccc2)c2ccccc2)c1. The fourth-order valence-electron chi connectivity index (χ4n) is 6.30. The van der Waals surface area contributed by atoms with Crippen molar-refractivity contribution in [3.63, 3.8) is 0 Å². The van der Waals surface area contributed by atoms with Gasteiger partial charge in [0.25, 0.3) is 0 Å². The zero-order chi connectivity index (χ0) is 33.9. The van der Waals surface area contributed by atoms with Crippen LogP contribution in [0, 0.1) is 6.92 Å². The number of halogens is 6. The Bertz CT molecular complexity index is 1750. The Balaban J connectivity index is 1.69. The fraction of sp³-hybridized carbons (Fsp3) is 0.122. The van der Waals surface area contributed by atoms with E-state index < -0.39 is 35.3 Å². The molecule has 0 bridgehead atoms. The van der Waals surface area contributed by atoms with Gasteiger partial charge in [0.1, 0.15) is 0 Å². The van der Waals surface area contributed by atoms with Gasteiger partial charge in [-0.1, -0.05) is 139 Å². The van der Waals surface area contributed by atoms with Crippen molar-refractivity contribution in [3.05, 3.63) is 202 Å². The summed E-state index contributed by atoms with van der Waals surface area (Å²) in [4.78, 5) is 0. The molecule has 1 nitrogen and oxygen atoms in total. The van der Waals surface area contributed by atoms with Gasteiger partial charge in [0.15, 0.2) is 0 Å². The van der Waals surface area contributed by atoms with Gasteiger partial charge in [-0.2, -0.15) is 26.3 Å². The molecule has 0 heterocycles. The van der Waals surface area contributed by atoms with Crippen LogP contribution in [0.15, 0.2) is 152 Å². The average molecular weight is 652 g/mol. The van der Waals surface area contributed by atoms with E-state index in [4.69, 9.17) is 0 Å². The van der Waals surface area contributed by atoms with E-state index in [0.29, 0.717) is 16.8 Å². The van der Waals surface area contributed by atoms with Gasteiger partial charge >= 0.3 is 12.4 Å². The Hall–Kier alpha value is -5.30. The van der Waals surface area contributed by atoms with Gasteiger partial charge in [0.2, 0.25) is 0 Å². The molecule has 0 amide bonds. The minimum Gasteiger partial charge on any atom is -0.355 e. The number of nitrogens with one attached hydrogen (secondary N) is 1. The molecule has 0 saturated heterocycles. The van der Waals surface area contributed by atoms with Gasteiger partial charge in [0, 0.05) is 23.2 Å². The van der Waals surface area contributed by atoms with Crippen LogP contribution >= 0.6 is 0 Å². The number of benzene rings is 6. The minimum atomic E-state index is -5.00. The summed E-state index contributed by atoms with van der Waals surface area (Å²) in [7, 11) is 0. The molecule has 6 aromatic carbocycles. The first-order valence-electron chi connectivity index (χ1n) is 15.4. The molecule has 7 heteroatoms. The summed E-state index contributed by atoms with van der Waals surface area (Å²) >= 11 is 0. The number of hydrogen-bond acceptors (Lipinski definition) is 1. The highest BCUT2D eigenvalue weighted by molar-refractivity contribution is 5.74. The van der Waals surface area contributed by atoms with E-state index in [0.717, 1.165) is 39.9 Å². The molecule has 6 rings (SSSR count). The van der Waals surface area contributed by atoms with Crippen LogP contribution in [-0.4, -0.2) is 0 Å². The second-order valence-corrected chi connectivity index (χ2v) is 11.7. The second-order valence-electron chi connectivity index (χ2n) is 11.7. The maximum absolute atomic E-state index is 14.0. The van der Waals surface area contributed by atoms with E-state index in [-0.39, 0.29) is 11.8 Å². The summed E-state index contributed by atoms with van der Waals surface area (Å²) in [5.41, 5.74) is 3.32. The molecular weight excluding hydrogens is 620 g/mol. The largest absolute Gasteiger partial charge is 0.416 e. The lowest BCUT2D eigenvalue weighted by molar-refractivity contribution is -0.143. The predicted molar refractivity (Wildman–Crippen MR) is 179 cm³/mol. The maximum Gasteiger partial charge on any atom is 0.416 e. The van der Waals surface area contributed by atoms with Gasteiger partial charge in [-0.3, -0.25) is 0 Å². The predicted octanol–water partition coefficient (Wildman–Crippen LogP) is 12.1. The molecule has 0 aliphatic carbocycles. The molecule has 0 radical (unpaired) electrons. The van der Waals surface area contributed by atoms with Gasteiger partial charge < -0.3 is 5.32 Å². The Morgan fingerprint density at radius 3 is 1.04 bits per heavy atom. The summed E-state index contributed by atoms with van der Waals surface area (Å²) in [5.74, 6) is -0.817. The van der Waals surface area contributed by atoms with Crippen LogP contribution in [0.4, 0.5) is 37.7 Å². The molecule has 0 spiro atoms. The highest BCUT2D eigenvalue weighted by Gasteiger charge is 2.37. The first kappa shape index (κ1) is 32.6. The Morgan fingerprint density at radius 2 is 0.750 bits per heavy atom. The van der Waals surface area contributed by atoms with Gasteiger partial charge in [-0.05, 0) is 58.5 Å². The smallest absolute Gasteiger partial charge is 0.355 e.